The number of tetrazole rings is 1. The van der Waals surface area contributed by atoms with E-state index in [4.69, 9.17) is 9.15 Å². The number of fused-ring (bicyclic) bond motifs is 1. The van der Waals surface area contributed by atoms with E-state index in [0.29, 0.717) is 19.6 Å². The highest BCUT2D eigenvalue weighted by atomic mass is 16.5. The molecular weight excluding hydrogens is 432 g/mol. The second-order valence-electron chi connectivity index (χ2n) is 8.98. The second kappa shape index (κ2) is 9.90. The molecule has 5 rings (SSSR count). The molecule has 0 saturated carbocycles. The number of rotatable bonds is 9. The summed E-state index contributed by atoms with van der Waals surface area (Å²) < 4.78 is 13.3. The topological polar surface area (TPSA) is 102 Å². The lowest BCUT2D eigenvalue weighted by Crippen LogP contribution is -2.37. The van der Waals surface area contributed by atoms with Gasteiger partial charge in [-0.25, -0.2) is 4.68 Å². The highest BCUT2D eigenvalue weighted by molar-refractivity contribution is 5.79. The van der Waals surface area contributed by atoms with Crippen molar-refractivity contribution in [2.75, 3.05) is 13.2 Å². The van der Waals surface area contributed by atoms with Crippen molar-refractivity contribution in [2.45, 2.75) is 58.3 Å². The molecule has 1 N–H and O–H groups in total. The molecule has 2 atom stereocenters. The first-order valence-electron chi connectivity index (χ1n) is 11.9. The number of aromatic amines is 1. The number of hydrogen-bond donors (Lipinski definition) is 1. The lowest BCUT2D eigenvalue weighted by molar-refractivity contribution is 0.0488. The Morgan fingerprint density at radius 3 is 2.97 bits per heavy atom. The monoisotopic (exact) mass is 462 g/mol. The minimum atomic E-state index is -0.0817. The van der Waals surface area contributed by atoms with Crippen LogP contribution in [0.5, 0.6) is 0 Å². The van der Waals surface area contributed by atoms with Crippen LogP contribution in [0.4, 0.5) is 0 Å². The molecule has 3 aromatic heterocycles. The highest BCUT2D eigenvalue weighted by Gasteiger charge is 2.29. The lowest BCUT2D eigenvalue weighted by atomic mass is 10.1. The molecule has 1 aliphatic heterocycles. The van der Waals surface area contributed by atoms with Crippen molar-refractivity contribution < 1.29 is 9.15 Å². The molecule has 4 heterocycles. The Hall–Kier alpha value is -3.30. The van der Waals surface area contributed by atoms with E-state index in [9.17, 15) is 4.79 Å². The Labute approximate surface area is 197 Å². The summed E-state index contributed by atoms with van der Waals surface area (Å²) in [4.78, 5) is 18.3. The normalized spacial score (nSPS) is 17.1. The van der Waals surface area contributed by atoms with Gasteiger partial charge in [-0.15, -0.1) is 5.10 Å². The first-order chi connectivity index (χ1) is 16.6. The summed E-state index contributed by atoms with van der Waals surface area (Å²) >= 11 is 0. The molecule has 2 unspecified atom stereocenters. The summed E-state index contributed by atoms with van der Waals surface area (Å²) in [6, 6.07) is 11.7. The van der Waals surface area contributed by atoms with Gasteiger partial charge < -0.3 is 14.1 Å². The van der Waals surface area contributed by atoms with Gasteiger partial charge in [0.15, 0.2) is 5.82 Å². The van der Waals surface area contributed by atoms with Gasteiger partial charge in [0.25, 0.3) is 5.56 Å². The van der Waals surface area contributed by atoms with Crippen LogP contribution >= 0.6 is 0 Å². The third-order valence-corrected chi connectivity index (χ3v) is 6.48. The zero-order chi connectivity index (χ0) is 23.5. The molecule has 1 aliphatic rings. The van der Waals surface area contributed by atoms with E-state index in [1.165, 1.54) is 0 Å². The Kier molecular flexibility index (Phi) is 6.55. The van der Waals surface area contributed by atoms with Crippen LogP contribution in [0.15, 0.2) is 51.9 Å². The summed E-state index contributed by atoms with van der Waals surface area (Å²) in [5, 5.41) is 13.6. The van der Waals surface area contributed by atoms with Crippen LogP contribution in [0.1, 0.15) is 54.9 Å². The maximum Gasteiger partial charge on any atom is 0.252 e. The Morgan fingerprint density at radius 2 is 2.21 bits per heavy atom. The largest absolute Gasteiger partial charge is 0.467 e. The van der Waals surface area contributed by atoms with Crippen LogP contribution in [-0.4, -0.2) is 49.3 Å². The Balaban J connectivity index is 1.48. The smallest absolute Gasteiger partial charge is 0.252 e. The molecule has 34 heavy (non-hydrogen) atoms. The van der Waals surface area contributed by atoms with Crippen LogP contribution < -0.4 is 5.56 Å². The highest BCUT2D eigenvalue weighted by Crippen LogP contribution is 2.27. The average Bonchev–Trinajstić information content (AvgIpc) is 3.60. The van der Waals surface area contributed by atoms with Crippen molar-refractivity contribution in [3.8, 4) is 0 Å². The SMILES string of the molecule is CCC(c1nnnn1Cc1ccco1)N(Cc1cc2cc(C)ccc2[nH]c1=O)CC1CCCO1. The van der Waals surface area contributed by atoms with E-state index < -0.39 is 0 Å². The first kappa shape index (κ1) is 22.5. The molecule has 1 saturated heterocycles. The minimum absolute atomic E-state index is 0.0706. The maximum atomic E-state index is 13.0. The minimum Gasteiger partial charge on any atom is -0.467 e. The van der Waals surface area contributed by atoms with E-state index in [1.807, 2.05) is 30.3 Å². The molecule has 178 valence electrons. The number of aryl methyl sites for hydroxylation is 1. The number of ether oxygens (including phenoxy) is 1. The van der Waals surface area contributed by atoms with Crippen molar-refractivity contribution in [2.24, 2.45) is 0 Å². The molecule has 0 aliphatic carbocycles. The number of benzene rings is 1. The van der Waals surface area contributed by atoms with Crippen molar-refractivity contribution in [1.29, 1.82) is 0 Å². The standard InChI is InChI=1S/C25H30N6O3/c1-3-23(24-27-28-29-31(24)16-21-7-5-11-34-21)30(15-20-6-4-10-33-20)14-19-13-18-12-17(2)8-9-22(18)26-25(19)32/h5,7-9,11-13,20,23H,3-4,6,10,14-16H2,1-2H3,(H,26,32). The fraction of sp³-hybridized carbons (Fsp3) is 0.440. The van der Waals surface area contributed by atoms with E-state index in [-0.39, 0.29) is 17.7 Å². The number of H-pyrrole nitrogens is 1. The third kappa shape index (κ3) is 4.80. The molecule has 0 amide bonds. The molecule has 9 heteroatoms. The van der Waals surface area contributed by atoms with Gasteiger partial charge in [-0.2, -0.15) is 0 Å². The van der Waals surface area contributed by atoms with Crippen molar-refractivity contribution in [3.05, 3.63) is 75.7 Å². The summed E-state index contributed by atoms with van der Waals surface area (Å²) in [6.45, 7) is 6.59. The predicted molar refractivity (Wildman–Crippen MR) is 127 cm³/mol. The second-order valence-corrected chi connectivity index (χ2v) is 8.98. The van der Waals surface area contributed by atoms with Gasteiger partial charge in [-0.05, 0) is 72.3 Å². The Bertz CT molecular complexity index is 1290. The van der Waals surface area contributed by atoms with Crippen molar-refractivity contribution >= 4 is 10.9 Å². The van der Waals surface area contributed by atoms with E-state index >= 15 is 0 Å². The first-order valence-corrected chi connectivity index (χ1v) is 11.9. The van der Waals surface area contributed by atoms with Crippen LogP contribution in [0, 0.1) is 6.92 Å². The Morgan fingerprint density at radius 1 is 1.29 bits per heavy atom. The zero-order valence-corrected chi connectivity index (χ0v) is 19.6. The number of nitrogens with one attached hydrogen (secondary N) is 1. The van der Waals surface area contributed by atoms with E-state index in [1.54, 1.807) is 10.9 Å². The zero-order valence-electron chi connectivity index (χ0n) is 19.6. The molecule has 9 nitrogen and oxygen atoms in total. The summed E-state index contributed by atoms with van der Waals surface area (Å²) in [7, 11) is 0. The molecule has 1 aromatic carbocycles. The van der Waals surface area contributed by atoms with Gasteiger partial charge in [-0.3, -0.25) is 9.69 Å². The van der Waals surface area contributed by atoms with Gasteiger partial charge in [0.1, 0.15) is 12.3 Å². The molecule has 0 bridgehead atoms. The van der Waals surface area contributed by atoms with Gasteiger partial charge >= 0.3 is 0 Å². The van der Waals surface area contributed by atoms with Crippen LogP contribution in [0.25, 0.3) is 10.9 Å². The maximum absolute atomic E-state index is 13.0. The van der Waals surface area contributed by atoms with Crippen molar-refractivity contribution in [1.82, 2.24) is 30.1 Å². The molecule has 0 spiro atoms. The van der Waals surface area contributed by atoms with Gasteiger partial charge in [0.2, 0.25) is 0 Å². The average molecular weight is 463 g/mol. The summed E-state index contributed by atoms with van der Waals surface area (Å²) in [6.07, 6.45) is 4.63. The van der Waals surface area contributed by atoms with Crippen LogP contribution in [0.2, 0.25) is 0 Å². The molecule has 1 fully saturated rings. The van der Waals surface area contributed by atoms with E-state index in [0.717, 1.165) is 59.5 Å². The lowest BCUT2D eigenvalue weighted by Gasteiger charge is -2.32. The fourth-order valence-electron chi connectivity index (χ4n) is 4.78. The number of nitrogens with zero attached hydrogens (tertiary/aromatic N) is 5. The number of hydrogen-bond acceptors (Lipinski definition) is 7. The number of pyridine rings is 1. The molecule has 0 radical (unpaired) electrons. The van der Waals surface area contributed by atoms with Crippen LogP contribution in [0.3, 0.4) is 0 Å². The fourth-order valence-corrected chi connectivity index (χ4v) is 4.78. The van der Waals surface area contributed by atoms with Crippen LogP contribution in [-0.2, 0) is 17.8 Å². The quantitative estimate of drug-likeness (QED) is 0.405. The predicted octanol–water partition coefficient (Wildman–Crippen LogP) is 3.60. The summed E-state index contributed by atoms with van der Waals surface area (Å²) in [5.74, 6) is 1.54. The molecular formula is C25H30N6O3. The van der Waals surface area contributed by atoms with Gasteiger partial charge in [-0.1, -0.05) is 18.6 Å². The van der Waals surface area contributed by atoms with Gasteiger partial charge in [0, 0.05) is 30.8 Å². The number of aromatic nitrogens is 5. The van der Waals surface area contributed by atoms with Crippen molar-refractivity contribution in [3.63, 3.8) is 0 Å². The van der Waals surface area contributed by atoms with Gasteiger partial charge in [0.05, 0.1) is 18.4 Å². The molecule has 4 aromatic rings. The third-order valence-electron chi connectivity index (χ3n) is 6.48. The van der Waals surface area contributed by atoms with E-state index in [2.05, 4.69) is 45.3 Å². The summed E-state index contributed by atoms with van der Waals surface area (Å²) in [5.41, 5.74) is 2.66. The number of furan rings is 1.